The molecule has 0 unspecified atom stereocenters. The molecule has 0 saturated carbocycles. The van der Waals surface area contributed by atoms with Gasteiger partial charge in [-0.05, 0) is 42.2 Å². The second kappa shape index (κ2) is 4.96. The second-order valence-electron chi connectivity index (χ2n) is 5.01. The van der Waals surface area contributed by atoms with E-state index >= 15 is 0 Å². The Morgan fingerprint density at radius 1 is 1.15 bits per heavy atom. The minimum Gasteiger partial charge on any atom is -0.478 e. The van der Waals surface area contributed by atoms with Gasteiger partial charge in [0.15, 0.2) is 0 Å². The Bertz CT molecular complexity index is 644. The molecule has 0 aliphatic heterocycles. The predicted octanol–water partition coefficient (Wildman–Crippen LogP) is 3.10. The number of carboxylic acid groups (broad SMARTS) is 1. The fraction of sp³-hybridized carbons (Fsp3) is 0.188. The summed E-state index contributed by atoms with van der Waals surface area (Å²) in [7, 11) is 0. The maximum Gasteiger partial charge on any atom is 0.337 e. The lowest BCUT2D eigenvalue weighted by atomic mass is 10.1. The van der Waals surface area contributed by atoms with E-state index in [2.05, 4.69) is 17.4 Å². The lowest BCUT2D eigenvalue weighted by molar-refractivity contribution is 0.0697. The Hall–Kier alpha value is -2.36. The number of benzene rings is 2. The predicted molar refractivity (Wildman–Crippen MR) is 74.6 cm³/mol. The van der Waals surface area contributed by atoms with E-state index in [1.54, 1.807) is 0 Å². The summed E-state index contributed by atoms with van der Waals surface area (Å²) < 4.78 is 13.1. The first kappa shape index (κ1) is 12.7. The van der Waals surface area contributed by atoms with E-state index in [0.29, 0.717) is 5.69 Å². The van der Waals surface area contributed by atoms with E-state index in [0.717, 1.165) is 18.9 Å². The Balaban J connectivity index is 1.82. The standard InChI is InChI=1S/C16H14FNO2/c17-12-5-6-15(14(9-12)16(19)20)18-13-7-10-3-1-2-4-11(10)8-13/h1-6,9,13,18H,7-8H2,(H,19,20). The monoisotopic (exact) mass is 271 g/mol. The quantitative estimate of drug-likeness (QED) is 0.901. The van der Waals surface area contributed by atoms with Crippen molar-refractivity contribution in [3.05, 3.63) is 65.0 Å². The highest BCUT2D eigenvalue weighted by Crippen LogP contribution is 2.26. The zero-order chi connectivity index (χ0) is 14.1. The molecular weight excluding hydrogens is 257 g/mol. The minimum atomic E-state index is -1.12. The molecular formula is C16H14FNO2. The summed E-state index contributed by atoms with van der Waals surface area (Å²) in [5.74, 6) is -1.66. The molecule has 1 aliphatic carbocycles. The van der Waals surface area contributed by atoms with Gasteiger partial charge in [0.05, 0.1) is 5.56 Å². The molecule has 2 aromatic carbocycles. The Labute approximate surface area is 116 Å². The topological polar surface area (TPSA) is 49.3 Å². The lowest BCUT2D eigenvalue weighted by Crippen LogP contribution is -2.21. The summed E-state index contributed by atoms with van der Waals surface area (Å²) in [6, 6.07) is 12.1. The van der Waals surface area contributed by atoms with Crippen LogP contribution in [0.3, 0.4) is 0 Å². The molecule has 4 heteroatoms. The van der Waals surface area contributed by atoms with Gasteiger partial charge in [-0.2, -0.15) is 0 Å². The minimum absolute atomic E-state index is 0.0269. The maximum atomic E-state index is 13.1. The fourth-order valence-corrected chi connectivity index (χ4v) is 2.70. The number of halogens is 1. The van der Waals surface area contributed by atoms with Gasteiger partial charge in [0.2, 0.25) is 0 Å². The second-order valence-corrected chi connectivity index (χ2v) is 5.01. The molecule has 0 saturated heterocycles. The van der Waals surface area contributed by atoms with Crippen LogP contribution >= 0.6 is 0 Å². The molecule has 0 aromatic heterocycles. The van der Waals surface area contributed by atoms with E-state index in [-0.39, 0.29) is 11.6 Å². The molecule has 2 aromatic rings. The molecule has 3 nitrogen and oxygen atoms in total. The first-order chi connectivity index (χ1) is 9.63. The smallest absolute Gasteiger partial charge is 0.337 e. The number of aromatic carboxylic acids is 1. The average molecular weight is 271 g/mol. The third-order valence-electron chi connectivity index (χ3n) is 3.62. The maximum absolute atomic E-state index is 13.1. The van der Waals surface area contributed by atoms with Crippen LogP contribution in [0.4, 0.5) is 10.1 Å². The SMILES string of the molecule is O=C(O)c1cc(F)ccc1NC1Cc2ccccc2C1. The van der Waals surface area contributed by atoms with Gasteiger partial charge in [-0.15, -0.1) is 0 Å². The van der Waals surface area contributed by atoms with Crippen molar-refractivity contribution in [2.75, 3.05) is 5.32 Å². The zero-order valence-electron chi connectivity index (χ0n) is 10.8. The van der Waals surface area contributed by atoms with Crippen LogP contribution in [-0.2, 0) is 12.8 Å². The first-order valence-corrected chi connectivity index (χ1v) is 6.49. The summed E-state index contributed by atoms with van der Waals surface area (Å²) >= 11 is 0. The normalized spacial score (nSPS) is 14.1. The molecule has 1 aliphatic rings. The number of fused-ring (bicyclic) bond motifs is 1. The zero-order valence-corrected chi connectivity index (χ0v) is 10.8. The highest BCUT2D eigenvalue weighted by atomic mass is 19.1. The van der Waals surface area contributed by atoms with Crippen LogP contribution in [0, 0.1) is 5.82 Å². The van der Waals surface area contributed by atoms with Crippen molar-refractivity contribution in [3.63, 3.8) is 0 Å². The number of nitrogens with one attached hydrogen (secondary N) is 1. The largest absolute Gasteiger partial charge is 0.478 e. The molecule has 0 heterocycles. The van der Waals surface area contributed by atoms with Crippen LogP contribution in [0.25, 0.3) is 0 Å². The Kier molecular flexibility index (Phi) is 3.14. The molecule has 0 atom stereocenters. The lowest BCUT2D eigenvalue weighted by Gasteiger charge is -2.15. The summed E-state index contributed by atoms with van der Waals surface area (Å²) in [6.07, 6.45) is 1.71. The van der Waals surface area contributed by atoms with Crippen molar-refractivity contribution in [1.29, 1.82) is 0 Å². The Morgan fingerprint density at radius 2 is 1.80 bits per heavy atom. The third-order valence-corrected chi connectivity index (χ3v) is 3.62. The van der Waals surface area contributed by atoms with Crippen molar-refractivity contribution in [1.82, 2.24) is 0 Å². The van der Waals surface area contributed by atoms with Crippen molar-refractivity contribution in [2.45, 2.75) is 18.9 Å². The summed E-state index contributed by atoms with van der Waals surface area (Å²) in [4.78, 5) is 11.2. The molecule has 0 bridgehead atoms. The highest BCUT2D eigenvalue weighted by Gasteiger charge is 2.22. The van der Waals surface area contributed by atoms with Gasteiger partial charge in [-0.1, -0.05) is 24.3 Å². The van der Waals surface area contributed by atoms with Crippen molar-refractivity contribution >= 4 is 11.7 Å². The number of hydrogen-bond donors (Lipinski definition) is 2. The fourth-order valence-electron chi connectivity index (χ4n) is 2.70. The molecule has 0 fully saturated rings. The molecule has 102 valence electrons. The highest BCUT2D eigenvalue weighted by molar-refractivity contribution is 5.94. The van der Waals surface area contributed by atoms with Crippen LogP contribution in [0.1, 0.15) is 21.5 Å². The van der Waals surface area contributed by atoms with Gasteiger partial charge in [0.25, 0.3) is 0 Å². The van der Waals surface area contributed by atoms with Crippen LogP contribution in [0.15, 0.2) is 42.5 Å². The molecule has 0 amide bonds. The molecule has 20 heavy (non-hydrogen) atoms. The molecule has 2 N–H and O–H groups in total. The van der Waals surface area contributed by atoms with Crippen molar-refractivity contribution in [3.8, 4) is 0 Å². The number of rotatable bonds is 3. The van der Waals surface area contributed by atoms with Crippen molar-refractivity contribution < 1.29 is 14.3 Å². The van der Waals surface area contributed by atoms with Gasteiger partial charge in [-0.3, -0.25) is 0 Å². The number of anilines is 1. The van der Waals surface area contributed by atoms with Gasteiger partial charge in [0, 0.05) is 11.7 Å². The molecule has 3 rings (SSSR count). The van der Waals surface area contributed by atoms with Crippen LogP contribution in [0.5, 0.6) is 0 Å². The van der Waals surface area contributed by atoms with Crippen LogP contribution < -0.4 is 5.32 Å². The number of carbonyl (C=O) groups is 1. The average Bonchev–Trinajstić information content (AvgIpc) is 2.82. The number of hydrogen-bond acceptors (Lipinski definition) is 2. The van der Waals surface area contributed by atoms with E-state index < -0.39 is 11.8 Å². The van der Waals surface area contributed by atoms with Crippen molar-refractivity contribution in [2.24, 2.45) is 0 Å². The molecule has 0 radical (unpaired) electrons. The van der Waals surface area contributed by atoms with E-state index in [4.69, 9.17) is 5.11 Å². The van der Waals surface area contributed by atoms with Crippen LogP contribution in [-0.4, -0.2) is 17.1 Å². The first-order valence-electron chi connectivity index (χ1n) is 6.49. The van der Waals surface area contributed by atoms with Gasteiger partial charge < -0.3 is 10.4 Å². The van der Waals surface area contributed by atoms with Gasteiger partial charge in [0.1, 0.15) is 5.82 Å². The Morgan fingerprint density at radius 3 is 2.40 bits per heavy atom. The van der Waals surface area contributed by atoms with E-state index in [9.17, 15) is 9.18 Å². The van der Waals surface area contributed by atoms with Gasteiger partial charge in [-0.25, -0.2) is 9.18 Å². The molecule has 0 spiro atoms. The van der Waals surface area contributed by atoms with Crippen LogP contribution in [0.2, 0.25) is 0 Å². The third kappa shape index (κ3) is 2.37. The number of carboxylic acids is 1. The van der Waals surface area contributed by atoms with E-state index in [1.807, 2.05) is 12.1 Å². The summed E-state index contributed by atoms with van der Waals surface area (Å²) in [6.45, 7) is 0. The summed E-state index contributed by atoms with van der Waals surface area (Å²) in [5.41, 5.74) is 3.01. The van der Waals surface area contributed by atoms with E-state index in [1.165, 1.54) is 23.3 Å². The summed E-state index contributed by atoms with van der Waals surface area (Å²) in [5, 5.41) is 12.3. The van der Waals surface area contributed by atoms with Gasteiger partial charge >= 0.3 is 5.97 Å².